The van der Waals surface area contributed by atoms with Crippen LogP contribution in [-0.2, 0) is 11.2 Å². The Kier molecular flexibility index (Phi) is 3.90. The normalized spacial score (nSPS) is 10.6. The molecule has 1 heterocycles. The number of hydrogen-bond donors (Lipinski definition) is 1. The van der Waals surface area contributed by atoms with Gasteiger partial charge in [0.1, 0.15) is 5.82 Å². The smallest absolute Gasteiger partial charge is 0.308 e. The Morgan fingerprint density at radius 3 is 2.70 bits per heavy atom. The molecule has 0 saturated heterocycles. The molecule has 0 unspecified atom stereocenters. The summed E-state index contributed by atoms with van der Waals surface area (Å²) in [6.07, 6.45) is 1.07. The van der Waals surface area contributed by atoms with E-state index < -0.39 is 11.8 Å². The third-order valence-corrected chi connectivity index (χ3v) is 3.13. The number of hydrogen-bond acceptors (Lipinski definition) is 2. The number of nitrogens with zero attached hydrogens (tertiary/aromatic N) is 1. The number of aryl methyl sites for hydroxylation is 1. The minimum absolute atomic E-state index is 0.0413. The van der Waals surface area contributed by atoms with Gasteiger partial charge in [-0.3, -0.25) is 9.59 Å². The van der Waals surface area contributed by atoms with Crippen molar-refractivity contribution in [3.05, 3.63) is 62.8 Å². The SMILES string of the molecule is Cc1cc(=O)c(CC(=O)O)cn1-c1ccc(F)c(Cl)c1. The van der Waals surface area contributed by atoms with Crippen molar-refractivity contribution in [2.45, 2.75) is 13.3 Å². The first-order valence-electron chi connectivity index (χ1n) is 5.78. The lowest BCUT2D eigenvalue weighted by atomic mass is 10.1. The quantitative estimate of drug-likeness (QED) is 0.947. The molecule has 0 spiro atoms. The van der Waals surface area contributed by atoms with E-state index in [1.165, 1.54) is 30.5 Å². The highest BCUT2D eigenvalue weighted by Crippen LogP contribution is 2.20. The van der Waals surface area contributed by atoms with E-state index >= 15 is 0 Å². The first kappa shape index (κ1) is 14.3. The highest BCUT2D eigenvalue weighted by atomic mass is 35.5. The Morgan fingerprint density at radius 1 is 1.40 bits per heavy atom. The summed E-state index contributed by atoms with van der Waals surface area (Å²) < 4.78 is 14.8. The van der Waals surface area contributed by atoms with Crippen molar-refractivity contribution < 1.29 is 14.3 Å². The lowest BCUT2D eigenvalue weighted by molar-refractivity contribution is -0.136. The number of carboxylic acids is 1. The minimum atomic E-state index is -1.09. The summed E-state index contributed by atoms with van der Waals surface area (Å²) in [5.41, 5.74) is 0.977. The number of pyridine rings is 1. The van der Waals surface area contributed by atoms with Gasteiger partial charge in [0.05, 0.1) is 11.4 Å². The zero-order chi connectivity index (χ0) is 14.9. The lowest BCUT2D eigenvalue weighted by Crippen LogP contribution is -2.17. The zero-order valence-electron chi connectivity index (χ0n) is 10.6. The highest BCUT2D eigenvalue weighted by Gasteiger charge is 2.10. The van der Waals surface area contributed by atoms with Crippen molar-refractivity contribution in [1.82, 2.24) is 4.57 Å². The Morgan fingerprint density at radius 2 is 2.10 bits per heavy atom. The standard InChI is InChI=1S/C14H11ClFNO3/c1-8-4-13(18)9(5-14(19)20)7-17(8)10-2-3-12(16)11(15)6-10/h2-4,6-7H,5H2,1H3,(H,19,20). The summed E-state index contributed by atoms with van der Waals surface area (Å²) in [6.45, 7) is 1.70. The van der Waals surface area contributed by atoms with Gasteiger partial charge in [-0.05, 0) is 25.1 Å². The molecule has 2 rings (SSSR count). The molecule has 6 heteroatoms. The van der Waals surface area contributed by atoms with Crippen molar-refractivity contribution in [2.75, 3.05) is 0 Å². The van der Waals surface area contributed by atoms with E-state index in [1.54, 1.807) is 11.5 Å². The maximum absolute atomic E-state index is 13.2. The van der Waals surface area contributed by atoms with Gasteiger partial charge in [0.15, 0.2) is 5.43 Å². The van der Waals surface area contributed by atoms with Crippen LogP contribution in [0.2, 0.25) is 5.02 Å². The topological polar surface area (TPSA) is 59.3 Å². The van der Waals surface area contributed by atoms with E-state index in [4.69, 9.17) is 16.7 Å². The fourth-order valence-electron chi connectivity index (χ4n) is 1.88. The van der Waals surface area contributed by atoms with Crippen LogP contribution in [0.25, 0.3) is 5.69 Å². The third kappa shape index (κ3) is 2.88. The molecule has 1 aromatic carbocycles. The summed E-state index contributed by atoms with van der Waals surface area (Å²) >= 11 is 5.73. The number of aromatic nitrogens is 1. The van der Waals surface area contributed by atoms with E-state index in [2.05, 4.69) is 0 Å². The van der Waals surface area contributed by atoms with Crippen molar-refractivity contribution >= 4 is 17.6 Å². The Bertz CT molecular complexity index is 740. The maximum atomic E-state index is 13.2. The van der Waals surface area contributed by atoms with E-state index in [0.717, 1.165) is 0 Å². The van der Waals surface area contributed by atoms with Crippen molar-refractivity contribution in [2.24, 2.45) is 0 Å². The second kappa shape index (κ2) is 5.46. The number of benzene rings is 1. The van der Waals surface area contributed by atoms with E-state index in [9.17, 15) is 14.0 Å². The first-order valence-corrected chi connectivity index (χ1v) is 6.15. The van der Waals surface area contributed by atoms with Gasteiger partial charge < -0.3 is 9.67 Å². The molecule has 4 nitrogen and oxygen atoms in total. The van der Waals surface area contributed by atoms with E-state index in [1.807, 2.05) is 0 Å². The predicted molar refractivity (Wildman–Crippen MR) is 73.1 cm³/mol. The molecule has 104 valence electrons. The van der Waals surface area contributed by atoms with Crippen LogP contribution < -0.4 is 5.43 Å². The first-order chi connectivity index (χ1) is 9.38. The largest absolute Gasteiger partial charge is 0.481 e. The van der Waals surface area contributed by atoms with Crippen molar-refractivity contribution in [1.29, 1.82) is 0 Å². The molecule has 0 fully saturated rings. The molecule has 0 aliphatic carbocycles. The molecule has 1 aromatic heterocycles. The molecule has 0 aliphatic rings. The molecule has 0 aliphatic heterocycles. The fraction of sp³-hybridized carbons (Fsp3) is 0.143. The van der Waals surface area contributed by atoms with E-state index in [0.29, 0.717) is 11.4 Å². The van der Waals surface area contributed by atoms with Crippen LogP contribution >= 0.6 is 11.6 Å². The second-order valence-electron chi connectivity index (χ2n) is 4.34. The molecule has 0 radical (unpaired) electrons. The summed E-state index contributed by atoms with van der Waals surface area (Å²) in [7, 11) is 0. The molecular weight excluding hydrogens is 285 g/mol. The summed E-state index contributed by atoms with van der Waals surface area (Å²) in [6, 6.07) is 5.48. The molecule has 1 N–H and O–H groups in total. The average Bonchev–Trinajstić information content (AvgIpc) is 2.36. The average molecular weight is 296 g/mol. The number of aliphatic carboxylic acids is 1. The molecule has 0 bridgehead atoms. The summed E-state index contributed by atoms with van der Waals surface area (Å²) in [5.74, 6) is -1.63. The van der Waals surface area contributed by atoms with Gasteiger partial charge in [0, 0.05) is 29.2 Å². The molecule has 0 saturated carbocycles. The molecule has 0 amide bonds. The van der Waals surface area contributed by atoms with Gasteiger partial charge >= 0.3 is 5.97 Å². The molecule has 20 heavy (non-hydrogen) atoms. The van der Waals surface area contributed by atoms with E-state index in [-0.39, 0.29) is 22.4 Å². The van der Waals surface area contributed by atoms with Gasteiger partial charge in [-0.25, -0.2) is 4.39 Å². The summed E-state index contributed by atoms with van der Waals surface area (Å²) in [5, 5.41) is 8.74. The van der Waals surface area contributed by atoms with Crippen LogP contribution in [0.1, 0.15) is 11.3 Å². The number of carbonyl (C=O) groups is 1. The van der Waals surface area contributed by atoms with Crippen LogP contribution in [0.3, 0.4) is 0 Å². The van der Waals surface area contributed by atoms with Gasteiger partial charge in [-0.1, -0.05) is 11.6 Å². The molecule has 0 atom stereocenters. The Balaban J connectivity index is 2.58. The number of carboxylic acid groups (broad SMARTS) is 1. The van der Waals surface area contributed by atoms with Gasteiger partial charge in [0.25, 0.3) is 0 Å². The van der Waals surface area contributed by atoms with Crippen LogP contribution in [0, 0.1) is 12.7 Å². The predicted octanol–water partition coefficient (Wildman–Crippen LogP) is 2.57. The Labute approximate surface area is 119 Å². The fourth-order valence-corrected chi connectivity index (χ4v) is 2.06. The monoisotopic (exact) mass is 295 g/mol. The number of halogens is 2. The maximum Gasteiger partial charge on any atom is 0.308 e. The minimum Gasteiger partial charge on any atom is -0.481 e. The summed E-state index contributed by atoms with van der Waals surface area (Å²) in [4.78, 5) is 22.5. The van der Waals surface area contributed by atoms with Gasteiger partial charge in [-0.15, -0.1) is 0 Å². The van der Waals surface area contributed by atoms with Crippen LogP contribution in [0.4, 0.5) is 4.39 Å². The third-order valence-electron chi connectivity index (χ3n) is 2.84. The highest BCUT2D eigenvalue weighted by molar-refractivity contribution is 6.30. The van der Waals surface area contributed by atoms with Crippen LogP contribution in [0.15, 0.2) is 35.3 Å². The number of rotatable bonds is 3. The molecular formula is C14H11ClFNO3. The van der Waals surface area contributed by atoms with Gasteiger partial charge in [0.2, 0.25) is 0 Å². The lowest BCUT2D eigenvalue weighted by Gasteiger charge is -2.12. The van der Waals surface area contributed by atoms with Crippen molar-refractivity contribution in [3.8, 4) is 5.69 Å². The van der Waals surface area contributed by atoms with Gasteiger partial charge in [-0.2, -0.15) is 0 Å². The zero-order valence-corrected chi connectivity index (χ0v) is 11.3. The Hall–Kier alpha value is -2.14. The molecule has 2 aromatic rings. The van der Waals surface area contributed by atoms with Crippen LogP contribution in [0.5, 0.6) is 0 Å². The second-order valence-corrected chi connectivity index (χ2v) is 4.75. The van der Waals surface area contributed by atoms with Crippen molar-refractivity contribution in [3.63, 3.8) is 0 Å². The van der Waals surface area contributed by atoms with Crippen LogP contribution in [-0.4, -0.2) is 15.6 Å².